The lowest BCUT2D eigenvalue weighted by Gasteiger charge is -2.13. The summed E-state index contributed by atoms with van der Waals surface area (Å²) in [6.45, 7) is 0.408. The SMILES string of the molecule is COC(=O)c1cccc(S(=O)(=O)Nc2ccccc2C(=O)NCCc2ccccc2)c1. The van der Waals surface area contributed by atoms with Crippen LogP contribution in [0.5, 0.6) is 0 Å². The Hall–Kier alpha value is -3.65. The number of para-hydroxylation sites is 1. The number of anilines is 1. The zero-order chi connectivity index (χ0) is 22.3. The first-order chi connectivity index (χ1) is 14.9. The normalized spacial score (nSPS) is 10.9. The smallest absolute Gasteiger partial charge is 0.337 e. The summed E-state index contributed by atoms with van der Waals surface area (Å²) in [7, 11) is -2.82. The second kappa shape index (κ2) is 9.90. The second-order valence-electron chi connectivity index (χ2n) is 6.66. The van der Waals surface area contributed by atoms with Crippen molar-refractivity contribution in [2.24, 2.45) is 0 Å². The van der Waals surface area contributed by atoms with E-state index < -0.39 is 21.9 Å². The fraction of sp³-hybridized carbons (Fsp3) is 0.130. The molecule has 3 rings (SSSR count). The summed E-state index contributed by atoms with van der Waals surface area (Å²) < 4.78 is 32.8. The summed E-state index contributed by atoms with van der Waals surface area (Å²) >= 11 is 0. The molecule has 0 unspecified atom stereocenters. The molecule has 0 saturated carbocycles. The van der Waals surface area contributed by atoms with Crippen molar-refractivity contribution in [2.75, 3.05) is 18.4 Å². The van der Waals surface area contributed by atoms with Crippen molar-refractivity contribution in [2.45, 2.75) is 11.3 Å². The van der Waals surface area contributed by atoms with Gasteiger partial charge in [-0.05, 0) is 42.3 Å². The van der Waals surface area contributed by atoms with Crippen LogP contribution in [-0.2, 0) is 21.2 Å². The van der Waals surface area contributed by atoms with Crippen LogP contribution in [0, 0.1) is 0 Å². The molecule has 0 aliphatic carbocycles. The fourth-order valence-electron chi connectivity index (χ4n) is 2.94. The van der Waals surface area contributed by atoms with Gasteiger partial charge in [0.05, 0.1) is 28.8 Å². The molecular formula is C23H22N2O5S. The maximum Gasteiger partial charge on any atom is 0.337 e. The van der Waals surface area contributed by atoms with Crippen molar-refractivity contribution in [1.29, 1.82) is 0 Å². The summed E-state index contributed by atoms with van der Waals surface area (Å²) in [6.07, 6.45) is 0.654. The van der Waals surface area contributed by atoms with E-state index in [0.717, 1.165) is 5.56 Å². The molecule has 0 aliphatic heterocycles. The molecule has 0 bridgehead atoms. The number of amides is 1. The Balaban J connectivity index is 1.75. The van der Waals surface area contributed by atoms with Crippen LogP contribution in [0.25, 0.3) is 0 Å². The van der Waals surface area contributed by atoms with Crippen LogP contribution in [0.15, 0.2) is 83.8 Å². The number of sulfonamides is 1. The third kappa shape index (κ3) is 5.70. The van der Waals surface area contributed by atoms with Gasteiger partial charge in [0.15, 0.2) is 0 Å². The Morgan fingerprint density at radius 1 is 0.903 bits per heavy atom. The predicted molar refractivity (Wildman–Crippen MR) is 118 cm³/mol. The maximum absolute atomic E-state index is 12.8. The van der Waals surface area contributed by atoms with Crippen molar-refractivity contribution >= 4 is 27.6 Å². The molecule has 0 atom stereocenters. The maximum atomic E-state index is 12.8. The van der Waals surface area contributed by atoms with Gasteiger partial charge in [0.2, 0.25) is 0 Å². The minimum Gasteiger partial charge on any atom is -0.465 e. The van der Waals surface area contributed by atoms with Crippen molar-refractivity contribution < 1.29 is 22.7 Å². The molecule has 0 heterocycles. The summed E-state index contributed by atoms with van der Waals surface area (Å²) in [6, 6.07) is 21.5. The molecule has 0 fully saturated rings. The number of benzene rings is 3. The second-order valence-corrected chi connectivity index (χ2v) is 8.34. The lowest BCUT2D eigenvalue weighted by molar-refractivity contribution is 0.0600. The van der Waals surface area contributed by atoms with Gasteiger partial charge in [-0.1, -0.05) is 48.5 Å². The highest BCUT2D eigenvalue weighted by Gasteiger charge is 2.20. The first-order valence-electron chi connectivity index (χ1n) is 9.53. The predicted octanol–water partition coefficient (Wildman–Crippen LogP) is 3.25. The third-order valence-electron chi connectivity index (χ3n) is 4.52. The molecule has 3 aromatic rings. The van der Waals surface area contributed by atoms with Crippen LogP contribution in [-0.4, -0.2) is 33.9 Å². The standard InChI is InChI=1S/C23H22N2O5S/c1-30-23(27)18-10-7-11-19(16-18)31(28,29)25-21-13-6-5-12-20(21)22(26)24-15-14-17-8-3-2-4-9-17/h2-13,16,25H,14-15H2,1H3,(H,24,26). The summed E-state index contributed by atoms with van der Waals surface area (Å²) in [5.41, 5.74) is 1.53. The average Bonchev–Trinajstić information content (AvgIpc) is 2.79. The van der Waals surface area contributed by atoms with E-state index in [1.54, 1.807) is 18.2 Å². The topological polar surface area (TPSA) is 102 Å². The van der Waals surface area contributed by atoms with E-state index in [0.29, 0.717) is 13.0 Å². The van der Waals surface area contributed by atoms with Crippen molar-refractivity contribution in [3.8, 4) is 0 Å². The molecule has 31 heavy (non-hydrogen) atoms. The van der Waals surface area contributed by atoms with Gasteiger partial charge in [0, 0.05) is 6.54 Å². The van der Waals surface area contributed by atoms with Gasteiger partial charge in [-0.2, -0.15) is 0 Å². The summed E-state index contributed by atoms with van der Waals surface area (Å²) in [5, 5.41) is 2.81. The molecule has 0 saturated heterocycles. The number of esters is 1. The Morgan fingerprint density at radius 2 is 1.61 bits per heavy atom. The number of methoxy groups -OCH3 is 1. The Bertz CT molecular complexity index is 1180. The molecule has 7 nitrogen and oxygen atoms in total. The van der Waals surface area contributed by atoms with Gasteiger partial charge in [-0.25, -0.2) is 13.2 Å². The molecule has 0 radical (unpaired) electrons. The van der Waals surface area contributed by atoms with Gasteiger partial charge in [-0.3, -0.25) is 9.52 Å². The number of carbonyl (C=O) groups excluding carboxylic acids is 2. The minimum atomic E-state index is -4.03. The monoisotopic (exact) mass is 438 g/mol. The van der Waals surface area contributed by atoms with Crippen LogP contribution in [0.2, 0.25) is 0 Å². The molecule has 0 aliphatic rings. The van der Waals surface area contributed by atoms with E-state index in [4.69, 9.17) is 0 Å². The lowest BCUT2D eigenvalue weighted by Crippen LogP contribution is -2.27. The van der Waals surface area contributed by atoms with Crippen LogP contribution in [0.1, 0.15) is 26.3 Å². The van der Waals surface area contributed by atoms with Crippen LogP contribution >= 0.6 is 0 Å². The van der Waals surface area contributed by atoms with Crippen LogP contribution < -0.4 is 10.0 Å². The average molecular weight is 439 g/mol. The van der Waals surface area contributed by atoms with E-state index in [9.17, 15) is 18.0 Å². The molecule has 2 N–H and O–H groups in total. The molecular weight excluding hydrogens is 416 g/mol. The van der Waals surface area contributed by atoms with Crippen LogP contribution in [0.4, 0.5) is 5.69 Å². The molecule has 160 valence electrons. The number of hydrogen-bond acceptors (Lipinski definition) is 5. The number of rotatable bonds is 8. The number of nitrogens with one attached hydrogen (secondary N) is 2. The molecule has 0 spiro atoms. The number of ether oxygens (including phenoxy) is 1. The van der Waals surface area contributed by atoms with E-state index >= 15 is 0 Å². The van der Waals surface area contributed by atoms with Crippen molar-refractivity contribution in [1.82, 2.24) is 5.32 Å². The first-order valence-corrected chi connectivity index (χ1v) is 11.0. The van der Waals surface area contributed by atoms with Gasteiger partial charge in [0.1, 0.15) is 0 Å². The Labute approximate surface area is 181 Å². The highest BCUT2D eigenvalue weighted by Crippen LogP contribution is 2.21. The van der Waals surface area contributed by atoms with E-state index in [1.807, 2.05) is 30.3 Å². The van der Waals surface area contributed by atoms with E-state index in [2.05, 4.69) is 14.8 Å². The fourth-order valence-corrected chi connectivity index (χ4v) is 4.07. The zero-order valence-electron chi connectivity index (χ0n) is 16.9. The third-order valence-corrected chi connectivity index (χ3v) is 5.89. The molecule has 1 amide bonds. The molecule has 0 aromatic heterocycles. The quantitative estimate of drug-likeness (QED) is 0.526. The lowest BCUT2D eigenvalue weighted by atomic mass is 10.1. The Kier molecular flexibility index (Phi) is 7.04. The largest absolute Gasteiger partial charge is 0.465 e. The van der Waals surface area contributed by atoms with Gasteiger partial charge >= 0.3 is 5.97 Å². The van der Waals surface area contributed by atoms with Gasteiger partial charge in [-0.15, -0.1) is 0 Å². The summed E-state index contributed by atoms with van der Waals surface area (Å²) in [5.74, 6) is -1.03. The minimum absolute atomic E-state index is 0.109. The van der Waals surface area contributed by atoms with Crippen molar-refractivity contribution in [3.63, 3.8) is 0 Å². The Morgan fingerprint density at radius 3 is 2.35 bits per heavy atom. The van der Waals surface area contributed by atoms with E-state index in [1.165, 1.54) is 37.4 Å². The van der Waals surface area contributed by atoms with Crippen molar-refractivity contribution in [3.05, 3.63) is 95.6 Å². The zero-order valence-corrected chi connectivity index (χ0v) is 17.7. The summed E-state index contributed by atoms with van der Waals surface area (Å²) in [4.78, 5) is 24.2. The van der Waals surface area contributed by atoms with E-state index in [-0.39, 0.29) is 21.7 Å². The molecule has 3 aromatic carbocycles. The number of hydrogen-bond donors (Lipinski definition) is 2. The van der Waals surface area contributed by atoms with Crippen LogP contribution in [0.3, 0.4) is 0 Å². The first kappa shape index (κ1) is 22.0. The van der Waals surface area contributed by atoms with Gasteiger partial charge in [0.25, 0.3) is 15.9 Å². The van der Waals surface area contributed by atoms with Gasteiger partial charge < -0.3 is 10.1 Å². The molecule has 8 heteroatoms. The highest BCUT2D eigenvalue weighted by atomic mass is 32.2. The number of carbonyl (C=O) groups is 2. The highest BCUT2D eigenvalue weighted by molar-refractivity contribution is 7.92.